The SMILES string of the molecule is COP1(=O)C=C(CO)CO1. The lowest BCUT2D eigenvalue weighted by molar-refractivity contribution is 0.257. The van der Waals surface area contributed by atoms with Crippen molar-refractivity contribution in [1.29, 1.82) is 0 Å². The average Bonchev–Trinajstić information content (AvgIpc) is 2.33. The van der Waals surface area contributed by atoms with Crippen LogP contribution in [-0.4, -0.2) is 25.4 Å². The molecular formula is C5H9O4P. The molecule has 0 spiro atoms. The Labute approximate surface area is 59.0 Å². The van der Waals surface area contributed by atoms with Gasteiger partial charge in [0, 0.05) is 12.9 Å². The molecule has 0 aliphatic carbocycles. The molecule has 0 radical (unpaired) electrons. The van der Waals surface area contributed by atoms with Crippen LogP contribution >= 0.6 is 7.60 Å². The summed E-state index contributed by atoms with van der Waals surface area (Å²) in [6.07, 6.45) is 0. The lowest BCUT2D eigenvalue weighted by Gasteiger charge is -2.03. The highest BCUT2D eigenvalue weighted by molar-refractivity contribution is 7.57. The van der Waals surface area contributed by atoms with Gasteiger partial charge in [-0.05, 0) is 5.57 Å². The van der Waals surface area contributed by atoms with Crippen molar-refractivity contribution in [3.8, 4) is 0 Å². The van der Waals surface area contributed by atoms with Crippen LogP contribution in [0.2, 0.25) is 0 Å². The van der Waals surface area contributed by atoms with Crippen LogP contribution in [-0.2, 0) is 13.6 Å². The molecule has 1 N–H and O–H groups in total. The summed E-state index contributed by atoms with van der Waals surface area (Å²) < 4.78 is 20.5. The lowest BCUT2D eigenvalue weighted by Crippen LogP contribution is -1.91. The number of aliphatic hydroxyl groups excluding tert-OH is 1. The van der Waals surface area contributed by atoms with Crippen LogP contribution in [0.3, 0.4) is 0 Å². The van der Waals surface area contributed by atoms with Crippen molar-refractivity contribution in [2.45, 2.75) is 0 Å². The maximum Gasteiger partial charge on any atom is 0.354 e. The highest BCUT2D eigenvalue weighted by Gasteiger charge is 2.26. The summed E-state index contributed by atoms with van der Waals surface area (Å²) >= 11 is 0. The molecule has 0 aromatic heterocycles. The van der Waals surface area contributed by atoms with Crippen molar-refractivity contribution in [2.75, 3.05) is 20.3 Å². The highest BCUT2D eigenvalue weighted by Crippen LogP contribution is 2.53. The number of aliphatic hydroxyl groups is 1. The summed E-state index contributed by atoms with van der Waals surface area (Å²) in [7, 11) is -1.63. The van der Waals surface area contributed by atoms with Crippen molar-refractivity contribution < 1.29 is 18.7 Å². The summed E-state index contributed by atoms with van der Waals surface area (Å²) in [5.74, 6) is 1.35. The van der Waals surface area contributed by atoms with Crippen LogP contribution in [0, 0.1) is 0 Å². The van der Waals surface area contributed by atoms with Gasteiger partial charge in [0.1, 0.15) is 0 Å². The van der Waals surface area contributed by atoms with E-state index in [0.29, 0.717) is 5.57 Å². The second kappa shape index (κ2) is 2.84. The molecule has 10 heavy (non-hydrogen) atoms. The molecule has 4 nitrogen and oxygen atoms in total. The van der Waals surface area contributed by atoms with Gasteiger partial charge in [0.25, 0.3) is 0 Å². The van der Waals surface area contributed by atoms with Gasteiger partial charge >= 0.3 is 7.60 Å². The standard InChI is InChI=1S/C5H9O4P/c1-8-10(7)4-5(2-6)3-9-10/h4,6H,2-3H2,1H3. The molecule has 0 fully saturated rings. The van der Waals surface area contributed by atoms with E-state index >= 15 is 0 Å². The summed E-state index contributed by atoms with van der Waals surface area (Å²) in [6, 6.07) is 0. The van der Waals surface area contributed by atoms with E-state index in [1.807, 2.05) is 0 Å². The monoisotopic (exact) mass is 164 g/mol. The van der Waals surface area contributed by atoms with Crippen molar-refractivity contribution in [1.82, 2.24) is 0 Å². The van der Waals surface area contributed by atoms with E-state index in [0.717, 1.165) is 0 Å². The summed E-state index contributed by atoms with van der Waals surface area (Å²) in [5.41, 5.74) is 0.616. The fourth-order valence-corrected chi connectivity index (χ4v) is 1.90. The zero-order chi connectivity index (χ0) is 7.61. The maximum atomic E-state index is 11.1. The molecule has 0 bridgehead atoms. The topological polar surface area (TPSA) is 55.8 Å². The second-order valence-corrected chi connectivity index (χ2v) is 3.90. The number of rotatable bonds is 2. The second-order valence-electron chi connectivity index (χ2n) is 1.94. The first-order valence-electron chi connectivity index (χ1n) is 2.81. The Morgan fingerprint density at radius 3 is 3.00 bits per heavy atom. The molecule has 0 aromatic rings. The quantitative estimate of drug-likeness (QED) is 0.611. The average molecular weight is 164 g/mol. The number of hydrogen-bond acceptors (Lipinski definition) is 4. The Balaban J connectivity index is 2.71. The minimum Gasteiger partial charge on any atom is -0.392 e. The molecular weight excluding hydrogens is 155 g/mol. The van der Waals surface area contributed by atoms with Crippen molar-refractivity contribution in [2.24, 2.45) is 0 Å². The van der Waals surface area contributed by atoms with E-state index in [1.54, 1.807) is 0 Å². The Kier molecular flexibility index (Phi) is 2.26. The first-order valence-corrected chi connectivity index (χ1v) is 4.43. The van der Waals surface area contributed by atoms with Gasteiger partial charge in [-0.15, -0.1) is 0 Å². The van der Waals surface area contributed by atoms with E-state index in [-0.39, 0.29) is 13.2 Å². The molecule has 0 amide bonds. The zero-order valence-electron chi connectivity index (χ0n) is 5.61. The zero-order valence-corrected chi connectivity index (χ0v) is 6.51. The first-order chi connectivity index (χ1) is 4.70. The molecule has 1 rings (SSSR count). The summed E-state index contributed by atoms with van der Waals surface area (Å²) in [4.78, 5) is 0. The van der Waals surface area contributed by atoms with Gasteiger partial charge in [-0.3, -0.25) is 4.57 Å². The molecule has 1 heterocycles. The van der Waals surface area contributed by atoms with Crippen LogP contribution in [0.25, 0.3) is 0 Å². The van der Waals surface area contributed by atoms with Crippen molar-refractivity contribution in [3.63, 3.8) is 0 Å². The van der Waals surface area contributed by atoms with Crippen LogP contribution in [0.1, 0.15) is 0 Å². The number of hydrogen-bond donors (Lipinski definition) is 1. The molecule has 0 aromatic carbocycles. The van der Waals surface area contributed by atoms with Gasteiger partial charge in [-0.25, -0.2) is 0 Å². The van der Waals surface area contributed by atoms with E-state index in [4.69, 9.17) is 9.63 Å². The molecule has 1 aliphatic rings. The van der Waals surface area contributed by atoms with E-state index < -0.39 is 7.60 Å². The normalized spacial score (nSPS) is 32.4. The van der Waals surface area contributed by atoms with E-state index in [1.165, 1.54) is 12.9 Å². The molecule has 0 saturated heterocycles. The van der Waals surface area contributed by atoms with Gasteiger partial charge in [-0.1, -0.05) is 0 Å². The third kappa shape index (κ3) is 1.47. The molecule has 58 valence electrons. The minimum absolute atomic E-state index is 0.118. The van der Waals surface area contributed by atoms with Gasteiger partial charge in [-0.2, -0.15) is 0 Å². The minimum atomic E-state index is -2.95. The maximum absolute atomic E-state index is 11.1. The van der Waals surface area contributed by atoms with Gasteiger partial charge in [0.05, 0.1) is 13.2 Å². The molecule has 5 heteroatoms. The van der Waals surface area contributed by atoms with Gasteiger partial charge in [0.2, 0.25) is 0 Å². The van der Waals surface area contributed by atoms with Crippen molar-refractivity contribution in [3.05, 3.63) is 11.4 Å². The third-order valence-electron chi connectivity index (χ3n) is 1.23. The van der Waals surface area contributed by atoms with Crippen molar-refractivity contribution >= 4 is 7.60 Å². The fraction of sp³-hybridized carbons (Fsp3) is 0.600. The van der Waals surface area contributed by atoms with Crippen LogP contribution in [0.15, 0.2) is 11.4 Å². The summed E-state index contributed by atoms with van der Waals surface area (Å²) in [6.45, 7) is 0.0922. The molecule has 1 aliphatic heterocycles. The Morgan fingerprint density at radius 2 is 2.70 bits per heavy atom. The summed E-state index contributed by atoms with van der Waals surface area (Å²) in [5, 5.41) is 8.57. The van der Waals surface area contributed by atoms with Crippen LogP contribution in [0.5, 0.6) is 0 Å². The van der Waals surface area contributed by atoms with Gasteiger partial charge < -0.3 is 14.2 Å². The molecule has 0 saturated carbocycles. The largest absolute Gasteiger partial charge is 0.392 e. The van der Waals surface area contributed by atoms with E-state index in [2.05, 4.69) is 4.52 Å². The Morgan fingerprint density at radius 1 is 2.00 bits per heavy atom. The smallest absolute Gasteiger partial charge is 0.354 e. The van der Waals surface area contributed by atoms with Gasteiger partial charge in [0.15, 0.2) is 0 Å². The van der Waals surface area contributed by atoms with E-state index in [9.17, 15) is 4.57 Å². The van der Waals surface area contributed by atoms with Crippen LogP contribution in [0.4, 0.5) is 0 Å². The van der Waals surface area contributed by atoms with Crippen LogP contribution < -0.4 is 0 Å². The predicted molar refractivity (Wildman–Crippen MR) is 35.7 cm³/mol. The Bertz CT molecular complexity index is 198. The fourth-order valence-electron chi connectivity index (χ4n) is 0.663. The predicted octanol–water partition coefficient (Wildman–Crippen LogP) is 0.732. The lowest BCUT2D eigenvalue weighted by atomic mass is 10.4. The molecule has 1 unspecified atom stereocenters. The third-order valence-corrected chi connectivity index (χ3v) is 2.91. The molecule has 1 atom stereocenters. The highest BCUT2D eigenvalue weighted by atomic mass is 31.2. The Hall–Kier alpha value is -0.150. The first kappa shape index (κ1) is 7.95.